The summed E-state index contributed by atoms with van der Waals surface area (Å²) in [6.07, 6.45) is 1.70. The molecule has 1 aromatic heterocycles. The second-order valence-electron chi connectivity index (χ2n) is 7.69. The van der Waals surface area contributed by atoms with E-state index < -0.39 is 0 Å². The number of aromatic nitrogens is 1. The molecule has 0 N–H and O–H groups in total. The Hall–Kier alpha value is -2.53. The molecule has 1 amide bonds. The highest BCUT2D eigenvalue weighted by molar-refractivity contribution is 6.31. The van der Waals surface area contributed by atoms with E-state index >= 15 is 0 Å². The molecule has 1 aliphatic rings. The minimum absolute atomic E-state index is 0.0729. The lowest BCUT2D eigenvalue weighted by atomic mass is 9.86. The number of rotatable bonds is 5. The summed E-state index contributed by atoms with van der Waals surface area (Å²) in [5.41, 5.74) is 3.98. The fourth-order valence-corrected chi connectivity index (χ4v) is 3.21. The van der Waals surface area contributed by atoms with Gasteiger partial charge in [0, 0.05) is 12.1 Å². The number of cyclic esters (lactones) is 1. The lowest BCUT2D eigenvalue weighted by Crippen LogP contribution is -2.24. The van der Waals surface area contributed by atoms with Gasteiger partial charge in [0.1, 0.15) is 11.6 Å². The third kappa shape index (κ3) is 4.47. The van der Waals surface area contributed by atoms with Crippen molar-refractivity contribution in [2.24, 2.45) is 0 Å². The molecule has 0 spiro atoms. The first-order valence-electron chi connectivity index (χ1n) is 9.23. The molecule has 0 radical (unpaired) electrons. The van der Waals surface area contributed by atoms with Crippen LogP contribution in [0.5, 0.6) is 5.88 Å². The molecule has 1 saturated heterocycles. The zero-order chi connectivity index (χ0) is 20.3. The van der Waals surface area contributed by atoms with Gasteiger partial charge in [0.25, 0.3) is 0 Å². The minimum atomic E-state index is -0.291. The predicted molar refractivity (Wildman–Crippen MR) is 111 cm³/mol. The summed E-state index contributed by atoms with van der Waals surface area (Å²) in [7, 11) is 1.54. The number of pyridine rings is 1. The van der Waals surface area contributed by atoms with Crippen LogP contribution in [0.4, 0.5) is 4.79 Å². The molecule has 2 heterocycles. The van der Waals surface area contributed by atoms with Gasteiger partial charge in [-0.05, 0) is 28.7 Å². The molecule has 148 valence electrons. The van der Waals surface area contributed by atoms with Crippen molar-refractivity contribution in [3.05, 3.63) is 64.3 Å². The highest BCUT2D eigenvalue weighted by atomic mass is 35.5. The number of carbonyl (C=O) groups excluding carboxylic acids is 1. The van der Waals surface area contributed by atoms with Crippen molar-refractivity contribution in [1.82, 2.24) is 9.88 Å². The Kier molecular flexibility index (Phi) is 5.94. The molecule has 1 aliphatic heterocycles. The number of halogens is 1. The molecular formula is C22H25ClN2O3. The van der Waals surface area contributed by atoms with Gasteiger partial charge in [-0.3, -0.25) is 0 Å². The zero-order valence-corrected chi connectivity index (χ0v) is 17.4. The van der Waals surface area contributed by atoms with E-state index in [1.165, 1.54) is 5.56 Å². The summed E-state index contributed by atoms with van der Waals surface area (Å²) in [5.74, 6) is 0.372. The molecule has 0 saturated carbocycles. The van der Waals surface area contributed by atoms with E-state index in [0.717, 1.165) is 16.8 Å². The monoisotopic (exact) mass is 400 g/mol. The van der Waals surface area contributed by atoms with Crippen LogP contribution in [0.2, 0.25) is 5.02 Å². The number of hydrogen-bond acceptors (Lipinski definition) is 4. The fraction of sp³-hybridized carbons (Fsp3) is 0.364. The minimum Gasteiger partial charge on any atom is -0.480 e. The second-order valence-corrected chi connectivity index (χ2v) is 8.10. The van der Waals surface area contributed by atoms with E-state index in [4.69, 9.17) is 21.1 Å². The number of ether oxygens (including phenoxy) is 2. The summed E-state index contributed by atoms with van der Waals surface area (Å²) in [4.78, 5) is 18.0. The van der Waals surface area contributed by atoms with E-state index in [1.807, 2.05) is 12.1 Å². The highest BCUT2D eigenvalue weighted by Crippen LogP contribution is 2.30. The number of methoxy groups -OCH3 is 1. The Labute approximate surface area is 170 Å². The molecule has 0 bridgehead atoms. The Morgan fingerprint density at radius 2 is 1.96 bits per heavy atom. The van der Waals surface area contributed by atoms with Gasteiger partial charge >= 0.3 is 6.09 Å². The molecule has 3 rings (SSSR count). The van der Waals surface area contributed by atoms with Crippen LogP contribution in [0.15, 0.2) is 42.5 Å². The molecule has 6 heteroatoms. The second kappa shape index (κ2) is 8.23. The van der Waals surface area contributed by atoms with Crippen molar-refractivity contribution in [2.75, 3.05) is 26.8 Å². The van der Waals surface area contributed by atoms with Gasteiger partial charge in [0.05, 0.1) is 19.3 Å². The molecule has 0 unspecified atom stereocenters. The normalized spacial score (nSPS) is 15.0. The quantitative estimate of drug-likeness (QED) is 0.714. The molecule has 0 aliphatic carbocycles. The van der Waals surface area contributed by atoms with Gasteiger partial charge in [-0.1, -0.05) is 62.7 Å². The van der Waals surface area contributed by atoms with Gasteiger partial charge in [-0.2, -0.15) is 0 Å². The Morgan fingerprint density at radius 1 is 1.25 bits per heavy atom. The Bertz CT molecular complexity index is 886. The highest BCUT2D eigenvalue weighted by Gasteiger charge is 2.21. The summed E-state index contributed by atoms with van der Waals surface area (Å²) < 4.78 is 10.3. The van der Waals surface area contributed by atoms with Gasteiger partial charge in [0.2, 0.25) is 5.88 Å². The van der Waals surface area contributed by atoms with Crippen molar-refractivity contribution in [3.63, 3.8) is 0 Å². The molecule has 28 heavy (non-hydrogen) atoms. The van der Waals surface area contributed by atoms with Gasteiger partial charge in [-0.15, -0.1) is 0 Å². The van der Waals surface area contributed by atoms with Crippen LogP contribution in [-0.4, -0.2) is 42.8 Å². The third-order valence-corrected chi connectivity index (χ3v) is 4.99. The van der Waals surface area contributed by atoms with Crippen molar-refractivity contribution in [3.8, 4) is 5.88 Å². The number of hydrogen-bond donors (Lipinski definition) is 0. The Morgan fingerprint density at radius 3 is 2.54 bits per heavy atom. The molecular weight excluding hydrogens is 376 g/mol. The lowest BCUT2D eigenvalue weighted by Gasteiger charge is -2.20. The van der Waals surface area contributed by atoms with Gasteiger partial charge in [-0.25, -0.2) is 9.78 Å². The molecule has 1 aromatic carbocycles. The van der Waals surface area contributed by atoms with Crippen LogP contribution < -0.4 is 4.74 Å². The van der Waals surface area contributed by atoms with Crippen molar-refractivity contribution < 1.29 is 14.3 Å². The first kappa shape index (κ1) is 20.2. The topological polar surface area (TPSA) is 51.7 Å². The van der Waals surface area contributed by atoms with Crippen molar-refractivity contribution in [2.45, 2.75) is 26.2 Å². The van der Waals surface area contributed by atoms with E-state index in [-0.39, 0.29) is 11.5 Å². The standard InChI is InChI=1S/C22H25ClN2O3/c1-22(2,3)16-7-5-15(6-8-16)17(11-12-25-13-14-28-21(25)26)19-10-9-18(23)20(24-19)27-4/h5-11H,12-14H2,1-4H3/b17-11+. The van der Waals surface area contributed by atoms with Crippen LogP contribution in [-0.2, 0) is 10.2 Å². The summed E-state index contributed by atoms with van der Waals surface area (Å²) in [5, 5.41) is 0.455. The van der Waals surface area contributed by atoms with Gasteiger partial charge in [0.15, 0.2) is 0 Å². The molecule has 0 atom stereocenters. The SMILES string of the molecule is COc1nc(/C(=C/CN2CCOC2=O)c2ccc(C(C)(C)C)cc2)ccc1Cl. The fourth-order valence-electron chi connectivity index (χ4n) is 3.03. The van der Waals surface area contributed by atoms with E-state index in [9.17, 15) is 4.79 Å². The number of benzene rings is 1. The molecule has 1 fully saturated rings. The largest absolute Gasteiger partial charge is 0.480 e. The maximum atomic E-state index is 11.8. The zero-order valence-electron chi connectivity index (χ0n) is 16.7. The number of carbonyl (C=O) groups is 1. The average molecular weight is 401 g/mol. The Balaban J connectivity index is 2.00. The number of nitrogens with zero attached hydrogens (tertiary/aromatic N) is 2. The predicted octanol–water partition coefficient (Wildman–Crippen LogP) is 4.93. The van der Waals surface area contributed by atoms with Crippen LogP contribution in [0.3, 0.4) is 0 Å². The average Bonchev–Trinajstić information content (AvgIpc) is 3.07. The van der Waals surface area contributed by atoms with E-state index in [2.05, 4.69) is 50.0 Å². The van der Waals surface area contributed by atoms with E-state index in [0.29, 0.717) is 30.6 Å². The van der Waals surface area contributed by atoms with Gasteiger partial charge < -0.3 is 14.4 Å². The third-order valence-electron chi connectivity index (χ3n) is 4.71. The maximum absolute atomic E-state index is 11.8. The first-order valence-corrected chi connectivity index (χ1v) is 9.61. The summed E-state index contributed by atoms with van der Waals surface area (Å²) in [6, 6.07) is 12.0. The maximum Gasteiger partial charge on any atom is 0.410 e. The smallest absolute Gasteiger partial charge is 0.410 e. The van der Waals surface area contributed by atoms with Crippen LogP contribution >= 0.6 is 11.6 Å². The van der Waals surface area contributed by atoms with Crippen LogP contribution in [0.1, 0.15) is 37.6 Å². The first-order chi connectivity index (χ1) is 13.3. The van der Waals surface area contributed by atoms with Crippen molar-refractivity contribution >= 4 is 23.3 Å². The summed E-state index contributed by atoms with van der Waals surface area (Å²) >= 11 is 6.14. The lowest BCUT2D eigenvalue weighted by molar-refractivity contribution is 0.161. The van der Waals surface area contributed by atoms with E-state index in [1.54, 1.807) is 18.1 Å². The van der Waals surface area contributed by atoms with Crippen LogP contribution in [0, 0.1) is 0 Å². The van der Waals surface area contributed by atoms with Crippen molar-refractivity contribution in [1.29, 1.82) is 0 Å². The van der Waals surface area contributed by atoms with Crippen LogP contribution in [0.25, 0.3) is 5.57 Å². The number of amides is 1. The summed E-state index contributed by atoms with van der Waals surface area (Å²) in [6.45, 7) is 8.01. The molecule has 5 nitrogen and oxygen atoms in total. The molecule has 2 aromatic rings.